The van der Waals surface area contributed by atoms with Crippen LogP contribution in [0.4, 0.5) is 0 Å². The summed E-state index contributed by atoms with van der Waals surface area (Å²) < 4.78 is 4.13. The normalized spacial score (nSPS) is 9.38. The third-order valence-corrected chi connectivity index (χ3v) is 1.78. The highest BCUT2D eigenvalue weighted by Gasteiger charge is 2.08. The molecule has 0 rings (SSSR count). The maximum Gasteiger partial charge on any atom is 0.339 e. The Morgan fingerprint density at radius 2 is 1.92 bits per heavy atom. The van der Waals surface area contributed by atoms with Crippen molar-refractivity contribution in [3.63, 3.8) is 0 Å². The van der Waals surface area contributed by atoms with Crippen LogP contribution >= 0.6 is 11.8 Å². The molecule has 0 saturated carbocycles. The van der Waals surface area contributed by atoms with Gasteiger partial charge in [0, 0.05) is 12.7 Å². The smallest absolute Gasteiger partial charge is 0.339 e. The summed E-state index contributed by atoms with van der Waals surface area (Å²) in [6.07, 6.45) is -0.0179. The van der Waals surface area contributed by atoms with Crippen molar-refractivity contribution < 1.29 is 24.2 Å². The molecule has 0 aromatic heterocycles. The van der Waals surface area contributed by atoms with Gasteiger partial charge in [-0.3, -0.25) is 9.59 Å². The van der Waals surface area contributed by atoms with E-state index in [9.17, 15) is 14.4 Å². The molecule has 0 aromatic carbocycles. The van der Waals surface area contributed by atoms with Crippen LogP contribution in [0.3, 0.4) is 0 Å². The van der Waals surface area contributed by atoms with Gasteiger partial charge in [-0.05, 0) is 0 Å². The quantitative estimate of drug-likeness (QED) is 0.503. The fraction of sp³-hybridized carbons (Fsp3) is 0.571. The molecule has 13 heavy (non-hydrogen) atoms. The monoisotopic (exact) mass is 206 g/mol. The van der Waals surface area contributed by atoms with E-state index in [1.807, 2.05) is 0 Å². The minimum Gasteiger partial charge on any atom is -0.391 e. The van der Waals surface area contributed by atoms with E-state index in [-0.39, 0.29) is 17.3 Å². The summed E-state index contributed by atoms with van der Waals surface area (Å²) >= 11 is 0.981. The van der Waals surface area contributed by atoms with E-state index in [4.69, 9.17) is 5.11 Å². The molecule has 0 heterocycles. The average Bonchev–Trinajstić information content (AvgIpc) is 2.03. The van der Waals surface area contributed by atoms with E-state index >= 15 is 0 Å². The van der Waals surface area contributed by atoms with E-state index in [0.29, 0.717) is 0 Å². The summed E-state index contributed by atoms with van der Waals surface area (Å²) in [5, 5.41) is 8.12. The number of aliphatic hydroxyl groups excluding tert-OH is 1. The number of carbonyl (C=O) groups excluding carboxylic acids is 3. The summed E-state index contributed by atoms with van der Waals surface area (Å²) in [5.41, 5.74) is 0. The van der Waals surface area contributed by atoms with Crippen LogP contribution in [-0.2, 0) is 19.1 Å². The molecule has 0 aliphatic carbocycles. The van der Waals surface area contributed by atoms with Gasteiger partial charge in [-0.1, -0.05) is 11.8 Å². The van der Waals surface area contributed by atoms with E-state index in [1.165, 1.54) is 6.92 Å². The van der Waals surface area contributed by atoms with Crippen LogP contribution in [0, 0.1) is 0 Å². The van der Waals surface area contributed by atoms with Crippen molar-refractivity contribution >= 4 is 28.8 Å². The zero-order valence-electron chi connectivity index (χ0n) is 7.11. The van der Waals surface area contributed by atoms with Crippen LogP contribution < -0.4 is 0 Å². The molecule has 0 saturated heterocycles. The molecule has 0 aromatic rings. The minimum atomic E-state index is -0.974. The Bertz CT molecular complexity index is 213. The van der Waals surface area contributed by atoms with Gasteiger partial charge < -0.3 is 9.84 Å². The molecular weight excluding hydrogens is 196 g/mol. The summed E-state index contributed by atoms with van der Waals surface area (Å²) in [4.78, 5) is 31.5. The summed E-state index contributed by atoms with van der Waals surface area (Å²) in [7, 11) is 0. The molecule has 0 radical (unpaired) electrons. The first-order valence-corrected chi connectivity index (χ1v) is 4.52. The van der Waals surface area contributed by atoms with Crippen LogP contribution in [0.2, 0.25) is 0 Å². The molecule has 0 aliphatic rings. The molecule has 6 heteroatoms. The first kappa shape index (κ1) is 12.1. The SMILES string of the molecule is CC(=O)SCCC(=O)OC(=O)CO. The lowest BCUT2D eigenvalue weighted by Gasteiger charge is -1.98. The maximum atomic E-state index is 10.7. The van der Waals surface area contributed by atoms with Gasteiger partial charge >= 0.3 is 11.9 Å². The number of aliphatic hydroxyl groups is 1. The number of hydrogen-bond acceptors (Lipinski definition) is 6. The van der Waals surface area contributed by atoms with Crippen LogP contribution in [0.1, 0.15) is 13.3 Å². The molecular formula is C7H10O5S. The molecule has 74 valence electrons. The van der Waals surface area contributed by atoms with Gasteiger partial charge in [0.1, 0.15) is 6.61 Å². The Labute approximate surface area is 79.4 Å². The van der Waals surface area contributed by atoms with Crippen molar-refractivity contribution in [2.45, 2.75) is 13.3 Å². The molecule has 1 N–H and O–H groups in total. The zero-order chi connectivity index (χ0) is 10.3. The number of hydrogen-bond donors (Lipinski definition) is 1. The minimum absolute atomic E-state index is 0.0179. The van der Waals surface area contributed by atoms with E-state index < -0.39 is 18.5 Å². The van der Waals surface area contributed by atoms with Crippen LogP contribution in [0.15, 0.2) is 0 Å². The van der Waals surface area contributed by atoms with Crippen LogP contribution in [-0.4, -0.2) is 34.5 Å². The summed E-state index contributed by atoms with van der Waals surface area (Å²) in [6, 6.07) is 0. The van der Waals surface area contributed by atoms with E-state index in [2.05, 4.69) is 4.74 Å². The number of ether oxygens (including phenoxy) is 1. The fourth-order valence-corrected chi connectivity index (χ4v) is 1.04. The van der Waals surface area contributed by atoms with Crippen molar-refractivity contribution in [1.82, 2.24) is 0 Å². The first-order chi connectivity index (χ1) is 6.06. The third kappa shape index (κ3) is 7.48. The molecule has 0 spiro atoms. The predicted molar refractivity (Wildman–Crippen MR) is 45.9 cm³/mol. The zero-order valence-corrected chi connectivity index (χ0v) is 7.93. The second kappa shape index (κ2) is 6.62. The lowest BCUT2D eigenvalue weighted by atomic mass is 10.5. The fourth-order valence-electron chi connectivity index (χ4n) is 0.488. The Balaban J connectivity index is 3.52. The topological polar surface area (TPSA) is 80.7 Å². The number of thioether (sulfide) groups is 1. The van der Waals surface area contributed by atoms with Crippen molar-refractivity contribution in [2.75, 3.05) is 12.4 Å². The van der Waals surface area contributed by atoms with Crippen LogP contribution in [0.25, 0.3) is 0 Å². The molecule has 0 bridgehead atoms. The first-order valence-electron chi connectivity index (χ1n) is 3.54. The Morgan fingerprint density at radius 3 is 2.38 bits per heavy atom. The van der Waals surface area contributed by atoms with Gasteiger partial charge in [-0.15, -0.1) is 0 Å². The largest absolute Gasteiger partial charge is 0.391 e. The second-order valence-corrected chi connectivity index (χ2v) is 3.37. The van der Waals surface area contributed by atoms with E-state index in [1.54, 1.807) is 0 Å². The molecule has 0 unspecified atom stereocenters. The summed E-state index contributed by atoms with van der Waals surface area (Å²) in [6.45, 7) is 0.570. The van der Waals surface area contributed by atoms with E-state index in [0.717, 1.165) is 11.8 Å². The molecule has 0 amide bonds. The van der Waals surface area contributed by atoms with Gasteiger partial charge in [0.05, 0.1) is 6.42 Å². The Morgan fingerprint density at radius 1 is 1.31 bits per heavy atom. The van der Waals surface area contributed by atoms with Crippen molar-refractivity contribution in [2.24, 2.45) is 0 Å². The van der Waals surface area contributed by atoms with Crippen LogP contribution in [0.5, 0.6) is 0 Å². The molecule has 0 atom stereocenters. The second-order valence-electron chi connectivity index (χ2n) is 2.09. The lowest BCUT2D eigenvalue weighted by Crippen LogP contribution is -2.15. The van der Waals surface area contributed by atoms with Gasteiger partial charge in [0.15, 0.2) is 5.12 Å². The average molecular weight is 206 g/mol. The highest BCUT2D eigenvalue weighted by Crippen LogP contribution is 2.03. The molecule has 5 nitrogen and oxygen atoms in total. The number of carbonyl (C=O) groups is 3. The lowest BCUT2D eigenvalue weighted by molar-refractivity contribution is -0.161. The van der Waals surface area contributed by atoms with Crippen molar-refractivity contribution in [3.05, 3.63) is 0 Å². The number of esters is 2. The third-order valence-electron chi connectivity index (χ3n) is 0.968. The highest BCUT2D eigenvalue weighted by molar-refractivity contribution is 8.13. The standard InChI is InChI=1S/C7H10O5S/c1-5(9)13-3-2-6(10)12-7(11)4-8/h8H,2-4H2,1H3. The van der Waals surface area contributed by atoms with Gasteiger partial charge in [-0.25, -0.2) is 4.79 Å². The van der Waals surface area contributed by atoms with Gasteiger partial charge in [0.2, 0.25) is 0 Å². The maximum absolute atomic E-state index is 10.7. The van der Waals surface area contributed by atoms with Crippen molar-refractivity contribution in [1.29, 1.82) is 0 Å². The Hall–Kier alpha value is -0.880. The summed E-state index contributed by atoms with van der Waals surface area (Å²) in [5.74, 6) is -1.42. The van der Waals surface area contributed by atoms with Gasteiger partial charge in [0.25, 0.3) is 0 Å². The molecule has 0 aliphatic heterocycles. The molecule has 0 fully saturated rings. The predicted octanol–water partition coefficient (Wildman–Crippen LogP) is -0.282. The number of rotatable bonds is 4. The van der Waals surface area contributed by atoms with Gasteiger partial charge in [-0.2, -0.15) is 0 Å². The Kier molecular flexibility index (Phi) is 6.17. The highest BCUT2D eigenvalue weighted by atomic mass is 32.2. The van der Waals surface area contributed by atoms with Crippen molar-refractivity contribution in [3.8, 4) is 0 Å².